The SMILES string of the molecule is Cc1ccc(-c2csc(N3CCN(S(=O)(=O)c4ccc(Cl)cc4Cl)CC3)n2)cc1C. The average Bonchev–Trinajstić information content (AvgIpc) is 3.20. The number of hydrogen-bond acceptors (Lipinski definition) is 5. The molecule has 2 heterocycles. The van der Waals surface area contributed by atoms with Gasteiger partial charge in [0.25, 0.3) is 0 Å². The van der Waals surface area contributed by atoms with E-state index in [1.165, 1.54) is 27.6 Å². The number of nitrogens with zero attached hydrogens (tertiary/aromatic N) is 3. The van der Waals surface area contributed by atoms with Crippen LogP contribution in [0.3, 0.4) is 0 Å². The standard InChI is InChI=1S/C21H21Cl2N3O2S2/c1-14-3-4-16(11-15(14)2)19-13-29-21(24-19)25-7-9-26(10-8-25)30(27,28)20-6-5-17(22)12-18(20)23/h3-6,11-13H,7-10H2,1-2H3. The molecule has 5 nitrogen and oxygen atoms in total. The van der Waals surface area contributed by atoms with E-state index in [2.05, 4.69) is 42.3 Å². The Morgan fingerprint density at radius 2 is 1.70 bits per heavy atom. The predicted molar refractivity (Wildman–Crippen MR) is 124 cm³/mol. The van der Waals surface area contributed by atoms with Crippen LogP contribution in [0.5, 0.6) is 0 Å². The van der Waals surface area contributed by atoms with E-state index in [0.29, 0.717) is 31.2 Å². The Kier molecular flexibility index (Phi) is 6.10. The Hall–Kier alpha value is -1.64. The summed E-state index contributed by atoms with van der Waals surface area (Å²) in [5, 5.41) is 3.51. The van der Waals surface area contributed by atoms with Crippen molar-refractivity contribution in [2.75, 3.05) is 31.1 Å². The van der Waals surface area contributed by atoms with Gasteiger partial charge in [0.1, 0.15) is 4.90 Å². The van der Waals surface area contributed by atoms with Crippen LogP contribution in [0, 0.1) is 13.8 Å². The van der Waals surface area contributed by atoms with Crippen LogP contribution in [-0.2, 0) is 10.0 Å². The molecule has 1 fully saturated rings. The minimum atomic E-state index is -3.66. The molecule has 4 rings (SSSR count). The van der Waals surface area contributed by atoms with Crippen molar-refractivity contribution >= 4 is 49.7 Å². The van der Waals surface area contributed by atoms with Gasteiger partial charge in [0, 0.05) is 42.1 Å². The maximum atomic E-state index is 13.0. The monoisotopic (exact) mass is 481 g/mol. The van der Waals surface area contributed by atoms with Crippen molar-refractivity contribution < 1.29 is 8.42 Å². The van der Waals surface area contributed by atoms with E-state index in [-0.39, 0.29) is 9.92 Å². The van der Waals surface area contributed by atoms with Crippen molar-refractivity contribution in [3.05, 3.63) is 63.0 Å². The Morgan fingerprint density at radius 1 is 0.967 bits per heavy atom. The highest BCUT2D eigenvalue weighted by Crippen LogP contribution is 2.31. The first kappa shape index (κ1) is 21.6. The van der Waals surface area contributed by atoms with Crippen molar-refractivity contribution in [2.24, 2.45) is 0 Å². The van der Waals surface area contributed by atoms with E-state index in [0.717, 1.165) is 16.4 Å². The molecule has 0 bridgehead atoms. The van der Waals surface area contributed by atoms with Crippen LogP contribution in [0.25, 0.3) is 11.3 Å². The normalized spacial score (nSPS) is 15.5. The van der Waals surface area contributed by atoms with Crippen molar-refractivity contribution in [1.29, 1.82) is 0 Å². The van der Waals surface area contributed by atoms with Gasteiger partial charge >= 0.3 is 0 Å². The van der Waals surface area contributed by atoms with Gasteiger partial charge in [-0.2, -0.15) is 4.31 Å². The molecule has 0 N–H and O–H groups in total. The zero-order valence-electron chi connectivity index (χ0n) is 16.6. The molecule has 0 aliphatic carbocycles. The topological polar surface area (TPSA) is 53.5 Å². The van der Waals surface area contributed by atoms with Crippen LogP contribution in [0.15, 0.2) is 46.7 Å². The average molecular weight is 482 g/mol. The van der Waals surface area contributed by atoms with E-state index >= 15 is 0 Å². The molecule has 0 radical (unpaired) electrons. The molecule has 1 aromatic heterocycles. The Balaban J connectivity index is 1.47. The number of halogens is 2. The van der Waals surface area contributed by atoms with Gasteiger partial charge in [-0.3, -0.25) is 0 Å². The van der Waals surface area contributed by atoms with Gasteiger partial charge in [-0.05, 0) is 49.2 Å². The molecule has 0 atom stereocenters. The summed E-state index contributed by atoms with van der Waals surface area (Å²) in [7, 11) is -3.66. The molecular formula is C21H21Cl2N3O2S2. The lowest BCUT2D eigenvalue weighted by Crippen LogP contribution is -2.48. The highest BCUT2D eigenvalue weighted by Gasteiger charge is 2.31. The third-order valence-electron chi connectivity index (χ3n) is 5.32. The minimum Gasteiger partial charge on any atom is -0.345 e. The summed E-state index contributed by atoms with van der Waals surface area (Å²) in [4.78, 5) is 7.01. The third kappa shape index (κ3) is 4.22. The molecule has 9 heteroatoms. The van der Waals surface area contributed by atoms with Crippen LogP contribution in [0.2, 0.25) is 10.0 Å². The van der Waals surface area contributed by atoms with Gasteiger partial charge in [0.05, 0.1) is 10.7 Å². The molecular weight excluding hydrogens is 461 g/mol. The first-order chi connectivity index (χ1) is 14.3. The summed E-state index contributed by atoms with van der Waals surface area (Å²) >= 11 is 13.6. The molecule has 1 saturated heterocycles. The molecule has 158 valence electrons. The lowest BCUT2D eigenvalue weighted by Gasteiger charge is -2.33. The summed E-state index contributed by atoms with van der Waals surface area (Å²) < 4.78 is 27.4. The fourth-order valence-corrected chi connectivity index (χ4v) is 6.44. The second kappa shape index (κ2) is 8.48. The smallest absolute Gasteiger partial charge is 0.244 e. The molecule has 0 unspecified atom stereocenters. The summed E-state index contributed by atoms with van der Waals surface area (Å²) in [6, 6.07) is 10.8. The third-order valence-corrected chi connectivity index (χ3v) is 8.83. The maximum Gasteiger partial charge on any atom is 0.244 e. The number of anilines is 1. The largest absolute Gasteiger partial charge is 0.345 e. The number of benzene rings is 2. The second-order valence-corrected chi connectivity index (χ2v) is 10.9. The quantitative estimate of drug-likeness (QED) is 0.510. The zero-order chi connectivity index (χ0) is 21.5. The first-order valence-corrected chi connectivity index (χ1v) is 12.6. The Morgan fingerprint density at radius 3 is 2.37 bits per heavy atom. The molecule has 1 aliphatic rings. The van der Waals surface area contributed by atoms with Crippen LogP contribution in [-0.4, -0.2) is 43.9 Å². The lowest BCUT2D eigenvalue weighted by molar-refractivity contribution is 0.385. The van der Waals surface area contributed by atoms with E-state index < -0.39 is 10.0 Å². The lowest BCUT2D eigenvalue weighted by atomic mass is 10.1. The van der Waals surface area contributed by atoms with Gasteiger partial charge in [0.15, 0.2) is 5.13 Å². The molecule has 2 aromatic carbocycles. The first-order valence-electron chi connectivity index (χ1n) is 9.49. The predicted octanol–water partition coefficient (Wildman–Crippen LogP) is 5.24. The van der Waals surface area contributed by atoms with Gasteiger partial charge in [-0.25, -0.2) is 13.4 Å². The number of hydrogen-bond donors (Lipinski definition) is 0. The fourth-order valence-electron chi connectivity index (χ4n) is 3.39. The Labute approximate surface area is 190 Å². The van der Waals surface area contributed by atoms with Crippen molar-refractivity contribution in [1.82, 2.24) is 9.29 Å². The highest BCUT2D eigenvalue weighted by atomic mass is 35.5. The number of aryl methyl sites for hydroxylation is 2. The van der Waals surface area contributed by atoms with Gasteiger partial charge < -0.3 is 4.90 Å². The number of rotatable bonds is 4. The number of aromatic nitrogens is 1. The number of sulfonamides is 1. The summed E-state index contributed by atoms with van der Waals surface area (Å²) in [5.41, 5.74) is 4.54. The minimum absolute atomic E-state index is 0.0910. The Bertz CT molecular complexity index is 1190. The number of thiazole rings is 1. The van der Waals surface area contributed by atoms with E-state index in [4.69, 9.17) is 28.2 Å². The van der Waals surface area contributed by atoms with Crippen LogP contribution < -0.4 is 4.90 Å². The molecule has 30 heavy (non-hydrogen) atoms. The molecule has 0 amide bonds. The molecule has 0 spiro atoms. The van der Waals surface area contributed by atoms with Crippen molar-refractivity contribution in [2.45, 2.75) is 18.7 Å². The second-order valence-electron chi connectivity index (χ2n) is 7.28. The summed E-state index contributed by atoms with van der Waals surface area (Å²) in [5.74, 6) is 0. The maximum absolute atomic E-state index is 13.0. The van der Waals surface area contributed by atoms with Crippen LogP contribution in [0.1, 0.15) is 11.1 Å². The summed E-state index contributed by atoms with van der Waals surface area (Å²) in [6.07, 6.45) is 0. The van der Waals surface area contributed by atoms with Crippen LogP contribution in [0.4, 0.5) is 5.13 Å². The summed E-state index contributed by atoms with van der Waals surface area (Å²) in [6.45, 7) is 6.09. The van der Waals surface area contributed by atoms with E-state index in [1.54, 1.807) is 17.4 Å². The van der Waals surface area contributed by atoms with Gasteiger partial charge in [0.2, 0.25) is 10.0 Å². The number of piperazine rings is 1. The van der Waals surface area contributed by atoms with E-state index in [9.17, 15) is 8.42 Å². The van der Waals surface area contributed by atoms with Gasteiger partial charge in [-0.1, -0.05) is 35.3 Å². The van der Waals surface area contributed by atoms with Crippen molar-refractivity contribution in [3.63, 3.8) is 0 Å². The van der Waals surface area contributed by atoms with Crippen LogP contribution >= 0.6 is 34.5 Å². The van der Waals surface area contributed by atoms with E-state index in [1.807, 2.05) is 0 Å². The molecule has 3 aromatic rings. The van der Waals surface area contributed by atoms with Gasteiger partial charge in [-0.15, -0.1) is 11.3 Å². The van der Waals surface area contributed by atoms with Crippen molar-refractivity contribution in [3.8, 4) is 11.3 Å². The zero-order valence-corrected chi connectivity index (χ0v) is 19.7. The molecule has 0 saturated carbocycles. The fraction of sp³-hybridized carbons (Fsp3) is 0.286. The molecule has 1 aliphatic heterocycles. The highest BCUT2D eigenvalue weighted by molar-refractivity contribution is 7.89.